The van der Waals surface area contributed by atoms with E-state index in [1.165, 1.54) is 18.2 Å². The van der Waals surface area contributed by atoms with Crippen molar-refractivity contribution in [2.75, 3.05) is 0 Å². The molecule has 0 unspecified atom stereocenters. The Labute approximate surface area is 267 Å². The Bertz CT molecular complexity index is 1920. The third-order valence-corrected chi connectivity index (χ3v) is 7.61. The van der Waals surface area contributed by atoms with Gasteiger partial charge in [0.2, 0.25) is 0 Å². The molecule has 5 rings (SSSR count). The Morgan fingerprint density at radius 1 is 0.596 bits per heavy atom. The number of ether oxygens (including phenoxy) is 1. The van der Waals surface area contributed by atoms with Gasteiger partial charge in [-0.3, -0.25) is 0 Å². The average Bonchev–Trinajstić information content (AvgIpc) is 2.97. The number of unbranched alkanes of at least 4 members (excludes halogenated alkanes) is 1. The predicted octanol–water partition coefficient (Wildman–Crippen LogP) is 11.9. The van der Waals surface area contributed by atoms with Gasteiger partial charge in [0.15, 0.2) is 17.5 Å². The van der Waals surface area contributed by atoms with Gasteiger partial charge in [0.1, 0.15) is 40.4 Å². The predicted molar refractivity (Wildman–Crippen MR) is 157 cm³/mol. The second-order valence-corrected chi connectivity index (χ2v) is 11.0. The van der Waals surface area contributed by atoms with Gasteiger partial charge in [0.05, 0.1) is 5.02 Å². The van der Waals surface area contributed by atoms with Gasteiger partial charge in [-0.05, 0) is 89.7 Å². The van der Waals surface area contributed by atoms with Crippen LogP contribution in [0.4, 0.5) is 43.9 Å². The van der Waals surface area contributed by atoms with Crippen LogP contribution in [0.15, 0.2) is 72.8 Å². The molecule has 0 fully saturated rings. The Kier molecular flexibility index (Phi) is 9.58. The Morgan fingerprint density at radius 3 is 1.68 bits per heavy atom. The molecule has 0 saturated heterocycles. The van der Waals surface area contributed by atoms with Crippen LogP contribution in [0.5, 0.6) is 5.75 Å². The molecular weight excluding hydrogens is 662 g/mol. The fourth-order valence-corrected chi connectivity index (χ4v) is 5.35. The highest BCUT2D eigenvalue weighted by Gasteiger charge is 2.41. The summed E-state index contributed by atoms with van der Waals surface area (Å²) < 4.78 is 150. The summed E-state index contributed by atoms with van der Waals surface area (Å²) in [7, 11) is 0. The zero-order valence-electron chi connectivity index (χ0n) is 24.1. The van der Waals surface area contributed by atoms with E-state index in [1.54, 1.807) is 6.07 Å². The zero-order chi connectivity index (χ0) is 34.2. The van der Waals surface area contributed by atoms with Gasteiger partial charge in [0.25, 0.3) is 0 Å². The van der Waals surface area contributed by atoms with Crippen LogP contribution in [0, 0.1) is 46.5 Å². The molecule has 0 saturated carbocycles. The molecule has 0 aromatic heterocycles. The second-order valence-electron chi connectivity index (χ2n) is 10.6. The molecule has 0 bridgehead atoms. The van der Waals surface area contributed by atoms with Crippen molar-refractivity contribution in [2.24, 2.45) is 0 Å². The van der Waals surface area contributed by atoms with Crippen molar-refractivity contribution < 1.29 is 48.6 Å². The van der Waals surface area contributed by atoms with E-state index in [1.807, 2.05) is 6.92 Å². The first-order valence-corrected chi connectivity index (χ1v) is 14.4. The lowest BCUT2D eigenvalue weighted by Gasteiger charge is -2.20. The Balaban J connectivity index is 1.42. The lowest BCUT2D eigenvalue weighted by Crippen LogP contribution is -2.25. The number of rotatable bonds is 9. The van der Waals surface area contributed by atoms with E-state index in [2.05, 4.69) is 4.74 Å². The highest BCUT2D eigenvalue weighted by atomic mass is 35.5. The molecule has 0 aliphatic carbocycles. The molecule has 244 valence electrons. The lowest BCUT2D eigenvalue weighted by atomic mass is 9.96. The van der Waals surface area contributed by atoms with Gasteiger partial charge in [0, 0.05) is 22.8 Å². The van der Waals surface area contributed by atoms with Gasteiger partial charge in [-0.1, -0.05) is 37.1 Å². The molecule has 0 aliphatic heterocycles. The Hall–Kier alpha value is -4.51. The average molecular weight is 683 g/mol. The number of hydrogen-bond donors (Lipinski definition) is 0. The molecule has 0 atom stereocenters. The largest absolute Gasteiger partial charge is 0.432 e. The van der Waals surface area contributed by atoms with E-state index in [9.17, 15) is 22.0 Å². The van der Waals surface area contributed by atoms with Crippen LogP contribution in [0.3, 0.4) is 0 Å². The quantitative estimate of drug-likeness (QED) is 0.111. The fraction of sp³-hybridized carbons (Fsp3) is 0.143. The third-order valence-electron chi connectivity index (χ3n) is 7.31. The molecule has 0 heterocycles. The van der Waals surface area contributed by atoms with Crippen LogP contribution < -0.4 is 4.74 Å². The smallest absolute Gasteiger partial charge is 0.429 e. The Morgan fingerprint density at radius 2 is 1.13 bits per heavy atom. The van der Waals surface area contributed by atoms with Crippen LogP contribution in [-0.4, -0.2) is 0 Å². The maximum atomic E-state index is 15.3. The first-order valence-electron chi connectivity index (χ1n) is 14.0. The van der Waals surface area contributed by atoms with Gasteiger partial charge >= 0.3 is 6.11 Å². The van der Waals surface area contributed by atoms with Gasteiger partial charge in [-0.15, -0.1) is 0 Å². The number of hydrogen-bond acceptors (Lipinski definition) is 1. The van der Waals surface area contributed by atoms with Gasteiger partial charge in [-0.25, -0.2) is 35.1 Å². The van der Waals surface area contributed by atoms with E-state index < -0.39 is 86.2 Å². The van der Waals surface area contributed by atoms with E-state index >= 15 is 22.0 Å². The first kappa shape index (κ1) is 33.8. The molecular formula is C35H21ClF10O. The summed E-state index contributed by atoms with van der Waals surface area (Å²) >= 11 is 6.23. The number of benzene rings is 5. The molecule has 0 radical (unpaired) electrons. The van der Waals surface area contributed by atoms with Gasteiger partial charge < -0.3 is 4.74 Å². The number of alkyl halides is 2. The first-order chi connectivity index (χ1) is 22.2. The molecule has 0 aliphatic rings. The summed E-state index contributed by atoms with van der Waals surface area (Å²) in [5, 5.41) is -0.388. The van der Waals surface area contributed by atoms with E-state index in [-0.39, 0.29) is 16.1 Å². The van der Waals surface area contributed by atoms with Crippen molar-refractivity contribution in [3.8, 4) is 39.1 Å². The SMILES string of the molecule is CCCCc1ccc(-c2cc(F)c(-c3cc(F)c(C(F)(F)Oc4ccc(-c5cc(F)c(F)c(F)c5)c(F)c4)c(F)c3)c(Cl)c2)c(F)c1. The van der Waals surface area contributed by atoms with Crippen LogP contribution in [0.1, 0.15) is 30.9 Å². The number of aryl methyl sites for hydroxylation is 1. The lowest BCUT2D eigenvalue weighted by molar-refractivity contribution is -0.189. The minimum absolute atomic E-state index is 0.0172. The van der Waals surface area contributed by atoms with E-state index in [4.69, 9.17) is 11.6 Å². The van der Waals surface area contributed by atoms with E-state index in [0.717, 1.165) is 36.6 Å². The summed E-state index contributed by atoms with van der Waals surface area (Å²) in [5.41, 5.74) is -3.19. The van der Waals surface area contributed by atoms with Crippen molar-refractivity contribution in [1.82, 2.24) is 0 Å². The minimum Gasteiger partial charge on any atom is -0.429 e. The molecule has 0 spiro atoms. The van der Waals surface area contributed by atoms with Crippen LogP contribution >= 0.6 is 11.6 Å². The summed E-state index contributed by atoms with van der Waals surface area (Å²) in [4.78, 5) is 0. The van der Waals surface area contributed by atoms with Crippen LogP contribution in [0.2, 0.25) is 5.02 Å². The molecule has 0 amide bonds. The molecule has 0 N–H and O–H groups in total. The third kappa shape index (κ3) is 6.95. The standard InChI is InChI=1S/C35H21ClF10O/c1-2-3-4-17-5-7-22(25(37)9-17)18-10-24(36)32(27(39)11-18)20-14-28(40)33(29(41)15-20)35(45,46)47-21-6-8-23(26(38)16-21)19-12-30(42)34(44)31(43)13-19/h5-16H,2-4H2,1H3. The van der Waals surface area contributed by atoms with Crippen molar-refractivity contribution in [3.63, 3.8) is 0 Å². The molecule has 12 heteroatoms. The summed E-state index contributed by atoms with van der Waals surface area (Å²) in [5.74, 6) is -12.8. The maximum Gasteiger partial charge on any atom is 0.432 e. The van der Waals surface area contributed by atoms with Crippen LogP contribution in [-0.2, 0) is 12.5 Å². The highest BCUT2D eigenvalue weighted by molar-refractivity contribution is 6.33. The molecule has 5 aromatic rings. The molecule has 5 aromatic carbocycles. The summed E-state index contributed by atoms with van der Waals surface area (Å²) in [6.07, 6.45) is -2.36. The highest BCUT2D eigenvalue weighted by Crippen LogP contribution is 2.41. The normalized spacial score (nSPS) is 11.7. The monoisotopic (exact) mass is 682 g/mol. The topological polar surface area (TPSA) is 9.23 Å². The van der Waals surface area contributed by atoms with Gasteiger partial charge in [-0.2, -0.15) is 8.78 Å². The van der Waals surface area contributed by atoms with Crippen molar-refractivity contribution >= 4 is 11.6 Å². The van der Waals surface area contributed by atoms with Crippen molar-refractivity contribution in [1.29, 1.82) is 0 Å². The summed E-state index contributed by atoms with van der Waals surface area (Å²) in [6, 6.07) is 10.1. The minimum atomic E-state index is -4.75. The molecule has 47 heavy (non-hydrogen) atoms. The second kappa shape index (κ2) is 13.3. The maximum absolute atomic E-state index is 15.3. The molecule has 1 nitrogen and oxygen atoms in total. The fourth-order valence-electron chi connectivity index (χ4n) is 5.03. The zero-order valence-corrected chi connectivity index (χ0v) is 24.9. The van der Waals surface area contributed by atoms with Crippen molar-refractivity contribution in [2.45, 2.75) is 32.3 Å². The van der Waals surface area contributed by atoms with E-state index in [0.29, 0.717) is 36.8 Å². The number of halogens is 11. The summed E-state index contributed by atoms with van der Waals surface area (Å²) in [6.45, 7) is 1.99. The van der Waals surface area contributed by atoms with Crippen molar-refractivity contribution in [3.05, 3.63) is 135 Å². The van der Waals surface area contributed by atoms with Crippen LogP contribution in [0.25, 0.3) is 33.4 Å².